The molecular weight excluding hydrogens is 505 g/mol. The number of halogens is 1. The van der Waals surface area contributed by atoms with Crippen molar-refractivity contribution in [1.82, 2.24) is 14.8 Å². The minimum Gasteiger partial charge on any atom is -0.508 e. The van der Waals surface area contributed by atoms with Crippen molar-refractivity contribution in [2.75, 3.05) is 40.1 Å². The largest absolute Gasteiger partial charge is 0.508 e. The van der Waals surface area contributed by atoms with Gasteiger partial charge in [-0.3, -0.25) is 24.1 Å². The highest BCUT2D eigenvalue weighted by molar-refractivity contribution is 6.24. The van der Waals surface area contributed by atoms with E-state index in [4.69, 9.17) is 5.73 Å². The molecule has 0 radical (unpaired) electrons. The topological polar surface area (TPSA) is 207 Å². The van der Waals surface area contributed by atoms with Crippen LogP contribution in [0.2, 0.25) is 0 Å². The molecule has 0 aromatic carbocycles. The molecule has 0 saturated heterocycles. The van der Waals surface area contributed by atoms with Crippen LogP contribution in [0.25, 0.3) is 5.76 Å². The minimum atomic E-state index is -2.81. The monoisotopic (exact) mass is 533 g/mol. The van der Waals surface area contributed by atoms with Crippen LogP contribution in [0.4, 0.5) is 10.2 Å². The summed E-state index contributed by atoms with van der Waals surface area (Å²) in [7, 11) is 6.16. The lowest BCUT2D eigenvalue weighted by Gasteiger charge is -2.50. The molecule has 2 amide bonds. The molecule has 0 aliphatic heterocycles. The molecule has 3 aliphatic carbocycles. The predicted octanol–water partition coefficient (Wildman–Crippen LogP) is -1.00. The molecule has 0 spiro atoms. The normalized spacial score (nSPS) is 26.9. The van der Waals surface area contributed by atoms with Crippen LogP contribution < -0.4 is 11.1 Å². The number of hydrogen-bond donors (Lipinski definition) is 6. The van der Waals surface area contributed by atoms with Gasteiger partial charge in [0.05, 0.1) is 18.2 Å². The smallest absolute Gasteiger partial charge is 0.255 e. The fraction of sp³-hybridized carbons (Fsp3) is 0.458. The quantitative estimate of drug-likeness (QED) is 0.200. The van der Waals surface area contributed by atoms with E-state index in [-0.39, 0.29) is 24.9 Å². The van der Waals surface area contributed by atoms with Gasteiger partial charge in [-0.05, 0) is 47.0 Å². The Kier molecular flexibility index (Phi) is 6.54. The number of aromatic hydroxyl groups is 1. The van der Waals surface area contributed by atoms with Crippen molar-refractivity contribution in [2.24, 2.45) is 17.6 Å². The lowest BCUT2D eigenvalue weighted by atomic mass is 9.57. The van der Waals surface area contributed by atoms with E-state index in [9.17, 15) is 39.6 Å². The Morgan fingerprint density at radius 3 is 2.37 bits per heavy atom. The molecule has 14 heteroatoms. The summed E-state index contributed by atoms with van der Waals surface area (Å²) in [5, 5.41) is 46.6. The molecule has 1 aromatic heterocycles. The summed E-state index contributed by atoms with van der Waals surface area (Å²) in [5.41, 5.74) is 0.353. The third-order valence-electron chi connectivity index (χ3n) is 7.25. The molecule has 38 heavy (non-hydrogen) atoms. The second-order valence-electron chi connectivity index (χ2n) is 10.2. The van der Waals surface area contributed by atoms with Gasteiger partial charge in [0.15, 0.2) is 23.0 Å². The number of aromatic nitrogens is 1. The molecule has 4 atom stereocenters. The van der Waals surface area contributed by atoms with Crippen LogP contribution in [0.15, 0.2) is 16.9 Å². The van der Waals surface area contributed by atoms with Crippen LogP contribution in [-0.2, 0) is 25.6 Å². The van der Waals surface area contributed by atoms with Crippen molar-refractivity contribution in [3.05, 3.63) is 34.0 Å². The molecule has 7 N–H and O–H groups in total. The van der Waals surface area contributed by atoms with E-state index in [1.54, 1.807) is 14.1 Å². The van der Waals surface area contributed by atoms with Gasteiger partial charge < -0.3 is 36.4 Å². The molecule has 0 bridgehead atoms. The van der Waals surface area contributed by atoms with Gasteiger partial charge in [0.2, 0.25) is 17.6 Å². The summed E-state index contributed by atoms with van der Waals surface area (Å²) in [6.45, 7) is -0.124. The molecule has 13 nitrogen and oxygen atoms in total. The first-order valence-electron chi connectivity index (χ1n) is 11.6. The molecule has 204 valence electrons. The van der Waals surface area contributed by atoms with E-state index >= 15 is 4.39 Å². The van der Waals surface area contributed by atoms with Gasteiger partial charge in [-0.25, -0.2) is 0 Å². The number of likely N-dealkylation sites (N-methyl/N-ethyl adjacent to an activating group) is 2. The molecule has 1 heterocycles. The van der Waals surface area contributed by atoms with Crippen LogP contribution in [0.1, 0.15) is 17.5 Å². The van der Waals surface area contributed by atoms with Gasteiger partial charge >= 0.3 is 0 Å². The summed E-state index contributed by atoms with van der Waals surface area (Å²) in [6, 6.07) is -1.25. The maximum atomic E-state index is 15.1. The molecule has 1 fully saturated rings. The summed E-state index contributed by atoms with van der Waals surface area (Å²) in [5.74, 6) is -10.9. The Balaban J connectivity index is 1.90. The minimum absolute atomic E-state index is 0.124. The Bertz CT molecular complexity index is 1350. The van der Waals surface area contributed by atoms with E-state index in [1.807, 2.05) is 0 Å². The summed E-state index contributed by atoms with van der Waals surface area (Å²) < 4.78 is 15.1. The zero-order valence-corrected chi connectivity index (χ0v) is 21.1. The van der Waals surface area contributed by atoms with Crippen LogP contribution >= 0.6 is 0 Å². The highest BCUT2D eigenvalue weighted by Crippen LogP contribution is 2.53. The van der Waals surface area contributed by atoms with E-state index in [0.29, 0.717) is 0 Å². The van der Waals surface area contributed by atoms with Crippen LogP contribution in [0.3, 0.4) is 0 Å². The van der Waals surface area contributed by atoms with Crippen LogP contribution in [0, 0.1) is 17.8 Å². The van der Waals surface area contributed by atoms with E-state index in [2.05, 4.69) is 10.3 Å². The number of nitrogens with one attached hydrogen (secondary N) is 1. The maximum Gasteiger partial charge on any atom is 0.255 e. The third kappa shape index (κ3) is 3.83. The molecule has 0 unspecified atom stereocenters. The SMILES string of the molecule is CN(C)CC(=O)Nc1nc(F)c2c(c1O)C(O)=C1C(=O)[C@]3(O)C(O)=C(C(N)=O)C(=O)[C@@H](N(C)C)[C@@H]3C[C@@H]1C2. The standard InChI is InChI=1S/C24H28FN5O8/c1-29(2)7-11(31)27-23-18(34)13-9(21(25)28-23)5-8-6-10-15(30(3)4)17(33)14(22(26)37)20(36)24(10,38)19(35)12(8)16(13)32/h8,10,15,32,34,36,38H,5-7H2,1-4H3,(H2,26,37)(H,27,28,31)/t8-,10-,15-,24-/m0/s1. The number of ketones is 2. The number of hydrogen-bond acceptors (Lipinski definition) is 11. The molecule has 1 saturated carbocycles. The Morgan fingerprint density at radius 1 is 1.18 bits per heavy atom. The zero-order valence-electron chi connectivity index (χ0n) is 21.1. The summed E-state index contributed by atoms with van der Waals surface area (Å²) in [4.78, 5) is 57.5. The number of carbonyl (C=O) groups is 4. The van der Waals surface area contributed by atoms with Gasteiger partial charge in [0.1, 0.15) is 17.1 Å². The number of Topliss-reactive ketones (excluding diaryl/α,β-unsaturated/α-hetero) is 2. The number of nitrogens with zero attached hydrogens (tertiary/aromatic N) is 3. The van der Waals surface area contributed by atoms with Gasteiger partial charge in [-0.2, -0.15) is 9.37 Å². The number of nitrogens with two attached hydrogens (primary N) is 1. The second kappa shape index (κ2) is 9.15. The molecular formula is C24H28FN5O8. The fourth-order valence-corrected chi connectivity index (χ4v) is 5.70. The molecule has 3 aliphatic rings. The van der Waals surface area contributed by atoms with Gasteiger partial charge in [-0.1, -0.05) is 0 Å². The highest BCUT2D eigenvalue weighted by Gasteiger charge is 2.64. The average Bonchev–Trinajstić information content (AvgIpc) is 2.78. The number of carbonyl (C=O) groups excluding carboxylic acids is 4. The van der Waals surface area contributed by atoms with Crippen molar-refractivity contribution in [2.45, 2.75) is 24.5 Å². The fourth-order valence-electron chi connectivity index (χ4n) is 5.70. The Hall–Kier alpha value is -3.88. The number of amides is 2. The lowest BCUT2D eigenvalue weighted by Crippen LogP contribution is -2.65. The van der Waals surface area contributed by atoms with E-state index < -0.39 is 92.6 Å². The first kappa shape index (κ1) is 27.2. The third-order valence-corrected chi connectivity index (χ3v) is 7.25. The van der Waals surface area contributed by atoms with Gasteiger partial charge in [0.25, 0.3) is 5.91 Å². The number of aliphatic hydroxyl groups excluding tert-OH is 2. The van der Waals surface area contributed by atoms with E-state index in [1.165, 1.54) is 23.9 Å². The highest BCUT2D eigenvalue weighted by atomic mass is 19.1. The number of aliphatic hydroxyl groups is 3. The second-order valence-corrected chi connectivity index (χ2v) is 10.2. The van der Waals surface area contributed by atoms with Crippen molar-refractivity contribution in [3.63, 3.8) is 0 Å². The Morgan fingerprint density at radius 2 is 1.82 bits per heavy atom. The number of primary amides is 1. The summed E-state index contributed by atoms with van der Waals surface area (Å²) in [6.07, 6.45) is -0.444. The number of anilines is 1. The lowest BCUT2D eigenvalue weighted by molar-refractivity contribution is -0.153. The number of fused-ring (bicyclic) bond motifs is 3. The van der Waals surface area contributed by atoms with Crippen molar-refractivity contribution < 1.29 is 44.0 Å². The first-order chi connectivity index (χ1) is 17.6. The molecule has 4 rings (SSSR count). The van der Waals surface area contributed by atoms with Crippen LogP contribution in [-0.4, -0.2) is 105 Å². The predicted molar refractivity (Wildman–Crippen MR) is 129 cm³/mol. The zero-order chi connectivity index (χ0) is 28.4. The molecule has 1 aromatic rings. The van der Waals surface area contributed by atoms with Gasteiger partial charge in [-0.15, -0.1) is 0 Å². The number of rotatable bonds is 5. The first-order valence-corrected chi connectivity index (χ1v) is 11.6. The number of pyridine rings is 1. The Labute approximate surface area is 216 Å². The van der Waals surface area contributed by atoms with E-state index in [0.717, 1.165) is 0 Å². The van der Waals surface area contributed by atoms with Gasteiger partial charge in [0, 0.05) is 17.1 Å². The van der Waals surface area contributed by atoms with Crippen molar-refractivity contribution >= 4 is 35.0 Å². The average molecular weight is 534 g/mol. The maximum absolute atomic E-state index is 15.1. The summed E-state index contributed by atoms with van der Waals surface area (Å²) >= 11 is 0. The van der Waals surface area contributed by atoms with Crippen molar-refractivity contribution in [1.29, 1.82) is 0 Å². The van der Waals surface area contributed by atoms with Crippen LogP contribution in [0.5, 0.6) is 5.75 Å². The van der Waals surface area contributed by atoms with Crippen molar-refractivity contribution in [3.8, 4) is 5.75 Å².